The molecule has 0 bridgehead atoms. The van der Waals surface area contributed by atoms with Crippen LogP contribution in [0.3, 0.4) is 0 Å². The second kappa shape index (κ2) is 6.25. The predicted molar refractivity (Wildman–Crippen MR) is 89.7 cm³/mol. The lowest BCUT2D eigenvalue weighted by Gasteiger charge is -2.32. The third-order valence-corrected chi connectivity index (χ3v) is 6.04. The van der Waals surface area contributed by atoms with Crippen LogP contribution in [0.4, 0.5) is 5.82 Å². The molecule has 4 rings (SSSR count). The number of rotatable bonds is 2. The molecule has 1 atom stereocenters. The molecule has 0 amide bonds. The number of piperidine rings is 1. The molecule has 0 spiro atoms. The first kappa shape index (κ1) is 14.6. The van der Waals surface area contributed by atoms with Crippen molar-refractivity contribution in [2.75, 3.05) is 18.0 Å². The van der Waals surface area contributed by atoms with Gasteiger partial charge in [0.2, 0.25) is 0 Å². The van der Waals surface area contributed by atoms with Gasteiger partial charge in [0.05, 0.1) is 10.7 Å². The molecule has 6 heteroatoms. The highest BCUT2D eigenvalue weighted by Gasteiger charge is 2.26. The molecule has 1 aliphatic carbocycles. The Bertz CT molecular complexity index is 724. The number of thiazole rings is 1. The highest BCUT2D eigenvalue weighted by molar-refractivity contribution is 7.11. The molecule has 0 aromatic carbocycles. The Hall–Kier alpha value is -2.00. The van der Waals surface area contributed by atoms with Crippen LogP contribution in [0.1, 0.15) is 52.9 Å². The van der Waals surface area contributed by atoms with Gasteiger partial charge in [-0.3, -0.25) is 0 Å². The highest BCUT2D eigenvalue weighted by atomic mass is 32.1. The van der Waals surface area contributed by atoms with E-state index in [4.69, 9.17) is 10.2 Å². The Morgan fingerprint density at radius 2 is 2.13 bits per heavy atom. The van der Waals surface area contributed by atoms with Gasteiger partial charge >= 0.3 is 0 Å². The number of aryl methyl sites for hydroxylation is 2. The lowest BCUT2D eigenvalue weighted by molar-refractivity contribution is 0.504. The third-order valence-electron chi connectivity index (χ3n) is 4.72. The first-order valence-corrected chi connectivity index (χ1v) is 9.10. The van der Waals surface area contributed by atoms with E-state index in [2.05, 4.69) is 20.9 Å². The summed E-state index contributed by atoms with van der Waals surface area (Å²) in [6, 6.07) is 3.88. The molecular weight excluding hydrogens is 306 g/mol. The van der Waals surface area contributed by atoms with Crippen molar-refractivity contribution in [3.8, 4) is 6.07 Å². The van der Waals surface area contributed by atoms with Crippen LogP contribution in [-0.2, 0) is 12.8 Å². The summed E-state index contributed by atoms with van der Waals surface area (Å²) in [5.74, 6) is 1.35. The Labute approximate surface area is 140 Å². The molecule has 2 aromatic rings. The minimum Gasteiger partial charge on any atom is -0.356 e. The summed E-state index contributed by atoms with van der Waals surface area (Å²) in [6.07, 6.45) is 8.77. The second-order valence-corrected chi connectivity index (χ2v) is 7.40. The van der Waals surface area contributed by atoms with Crippen LogP contribution in [0.25, 0.3) is 0 Å². The summed E-state index contributed by atoms with van der Waals surface area (Å²) < 4.78 is 0. The number of nitrogens with zero attached hydrogens (tertiary/aromatic N) is 5. The van der Waals surface area contributed by atoms with E-state index in [1.807, 2.05) is 11.3 Å². The second-order valence-electron chi connectivity index (χ2n) is 6.29. The fourth-order valence-electron chi connectivity index (χ4n) is 3.51. The molecule has 3 heterocycles. The number of hydrogen-bond acceptors (Lipinski definition) is 6. The number of hydrogen-bond donors (Lipinski definition) is 0. The molecule has 0 unspecified atom stereocenters. The lowest BCUT2D eigenvalue weighted by atomic mass is 9.98. The fourth-order valence-corrected chi connectivity index (χ4v) is 4.79. The maximum absolute atomic E-state index is 9.02. The van der Waals surface area contributed by atoms with E-state index in [1.54, 1.807) is 6.07 Å². The van der Waals surface area contributed by atoms with Gasteiger partial charge in [-0.25, -0.2) is 15.0 Å². The van der Waals surface area contributed by atoms with Crippen LogP contribution in [-0.4, -0.2) is 28.0 Å². The molecule has 118 valence electrons. The summed E-state index contributed by atoms with van der Waals surface area (Å²) in [7, 11) is 0. The van der Waals surface area contributed by atoms with Crippen LogP contribution < -0.4 is 4.90 Å². The Kier molecular flexibility index (Phi) is 3.96. The first-order chi connectivity index (χ1) is 11.3. The summed E-state index contributed by atoms with van der Waals surface area (Å²) >= 11 is 1.92. The van der Waals surface area contributed by atoms with Gasteiger partial charge in [-0.05, 0) is 38.5 Å². The molecule has 1 fully saturated rings. The number of nitriles is 1. The number of anilines is 1. The van der Waals surface area contributed by atoms with Gasteiger partial charge in [0.15, 0.2) is 0 Å². The van der Waals surface area contributed by atoms with Gasteiger partial charge in [0.1, 0.15) is 23.9 Å². The van der Waals surface area contributed by atoms with E-state index >= 15 is 0 Å². The van der Waals surface area contributed by atoms with Gasteiger partial charge in [-0.2, -0.15) is 5.26 Å². The maximum atomic E-state index is 9.02. The smallest absolute Gasteiger partial charge is 0.145 e. The number of aromatic nitrogens is 3. The van der Waals surface area contributed by atoms with E-state index in [-0.39, 0.29) is 0 Å². The van der Waals surface area contributed by atoms with E-state index < -0.39 is 0 Å². The normalized spacial score (nSPS) is 20.8. The standard InChI is InChI=1S/C17H19N5S/c18-9-13-8-16(20-11-19-13)22-7-3-4-12(10-22)17-21-14-5-1-2-6-15(14)23-17/h8,11-12H,1-7,10H2/t12-/m0/s1. The van der Waals surface area contributed by atoms with Crippen molar-refractivity contribution in [3.63, 3.8) is 0 Å². The van der Waals surface area contributed by atoms with Gasteiger partial charge in [-0.15, -0.1) is 11.3 Å². The zero-order chi connectivity index (χ0) is 15.6. The van der Waals surface area contributed by atoms with Gasteiger partial charge in [-0.1, -0.05) is 0 Å². The third kappa shape index (κ3) is 2.93. The minimum absolute atomic E-state index is 0.432. The highest BCUT2D eigenvalue weighted by Crippen LogP contribution is 2.35. The molecule has 23 heavy (non-hydrogen) atoms. The van der Waals surface area contributed by atoms with E-state index in [0.29, 0.717) is 11.6 Å². The molecule has 2 aliphatic rings. The Morgan fingerprint density at radius 3 is 3.00 bits per heavy atom. The quantitative estimate of drug-likeness (QED) is 0.849. The van der Waals surface area contributed by atoms with Crippen LogP contribution in [0.5, 0.6) is 0 Å². The van der Waals surface area contributed by atoms with Crippen LogP contribution >= 0.6 is 11.3 Å². The van der Waals surface area contributed by atoms with Gasteiger partial charge in [0.25, 0.3) is 0 Å². The number of fused-ring (bicyclic) bond motifs is 1. The summed E-state index contributed by atoms with van der Waals surface area (Å²) in [5, 5.41) is 10.3. The maximum Gasteiger partial charge on any atom is 0.145 e. The van der Waals surface area contributed by atoms with E-state index in [0.717, 1.165) is 31.7 Å². The van der Waals surface area contributed by atoms with Crippen LogP contribution in [0.2, 0.25) is 0 Å². The summed E-state index contributed by atoms with van der Waals surface area (Å²) in [6.45, 7) is 1.93. The van der Waals surface area contributed by atoms with Crippen molar-refractivity contribution in [3.05, 3.63) is 33.7 Å². The summed E-state index contributed by atoms with van der Waals surface area (Å²) in [4.78, 5) is 17.0. The van der Waals surface area contributed by atoms with Crippen molar-refractivity contribution < 1.29 is 0 Å². The van der Waals surface area contributed by atoms with Gasteiger partial charge in [0, 0.05) is 30.0 Å². The molecule has 5 nitrogen and oxygen atoms in total. The molecular formula is C17H19N5S. The predicted octanol–water partition coefficient (Wildman–Crippen LogP) is 3.07. The average molecular weight is 325 g/mol. The summed E-state index contributed by atoms with van der Waals surface area (Å²) in [5.41, 5.74) is 1.78. The van der Waals surface area contributed by atoms with E-state index in [1.165, 1.54) is 47.6 Å². The first-order valence-electron chi connectivity index (χ1n) is 8.29. The van der Waals surface area contributed by atoms with E-state index in [9.17, 15) is 0 Å². The average Bonchev–Trinajstić information content (AvgIpc) is 3.06. The van der Waals surface area contributed by atoms with Crippen molar-refractivity contribution in [1.29, 1.82) is 5.26 Å². The Morgan fingerprint density at radius 1 is 1.22 bits per heavy atom. The monoisotopic (exact) mass is 325 g/mol. The lowest BCUT2D eigenvalue weighted by Crippen LogP contribution is -2.35. The van der Waals surface area contributed by atoms with Gasteiger partial charge < -0.3 is 4.90 Å². The zero-order valence-corrected chi connectivity index (χ0v) is 13.8. The Balaban J connectivity index is 1.55. The van der Waals surface area contributed by atoms with Crippen LogP contribution in [0, 0.1) is 11.3 Å². The molecule has 2 aromatic heterocycles. The molecule has 0 N–H and O–H groups in total. The molecule has 0 saturated carbocycles. The fraction of sp³-hybridized carbons (Fsp3) is 0.529. The molecule has 0 radical (unpaired) electrons. The van der Waals surface area contributed by atoms with Crippen LogP contribution in [0.15, 0.2) is 12.4 Å². The largest absolute Gasteiger partial charge is 0.356 e. The van der Waals surface area contributed by atoms with Crippen molar-refractivity contribution >= 4 is 17.2 Å². The van der Waals surface area contributed by atoms with Crippen molar-refractivity contribution in [2.24, 2.45) is 0 Å². The topological polar surface area (TPSA) is 65.7 Å². The molecule has 1 aliphatic heterocycles. The minimum atomic E-state index is 0.432. The zero-order valence-electron chi connectivity index (χ0n) is 13.0. The molecule has 1 saturated heterocycles. The SMILES string of the molecule is N#Cc1cc(N2CCC[C@H](c3nc4c(s3)CCCC4)C2)ncn1. The van der Waals surface area contributed by atoms with Crippen molar-refractivity contribution in [1.82, 2.24) is 15.0 Å². The van der Waals surface area contributed by atoms with Crippen molar-refractivity contribution in [2.45, 2.75) is 44.4 Å².